The molecule has 0 N–H and O–H groups in total. The van der Waals surface area contributed by atoms with Crippen molar-refractivity contribution in [1.29, 1.82) is 0 Å². The van der Waals surface area contributed by atoms with Crippen molar-refractivity contribution in [2.24, 2.45) is 0 Å². The zero-order valence-electron chi connectivity index (χ0n) is 22.0. The molecule has 6 rings (SSSR count). The summed E-state index contributed by atoms with van der Waals surface area (Å²) < 4.78 is 15.6. The maximum Gasteiger partial charge on any atom is 0.269 e. The Morgan fingerprint density at radius 2 is 0.949 bits per heavy atom. The van der Waals surface area contributed by atoms with Crippen LogP contribution in [0, 0.1) is 26.6 Å². The molecule has 1 aliphatic rings. The highest BCUT2D eigenvalue weighted by Crippen LogP contribution is 2.46. The number of nitrogens with zero attached hydrogens (tertiary/aromatic N) is 1. The Labute approximate surface area is 227 Å². The minimum absolute atomic E-state index is 0.144. The minimum atomic E-state index is -0.638. The molecule has 0 fully saturated rings. The zero-order valence-corrected chi connectivity index (χ0v) is 22.0. The summed E-state index contributed by atoms with van der Waals surface area (Å²) in [5.74, 6) is -1.77. The number of halogens is 1. The van der Waals surface area contributed by atoms with Crippen LogP contribution in [0.2, 0.25) is 0 Å². The number of carbonyl (C=O) groups is 2. The summed E-state index contributed by atoms with van der Waals surface area (Å²) in [6, 6.07) is 33.4. The zero-order chi connectivity index (χ0) is 27.3. The topological polar surface area (TPSA) is 37.4 Å². The van der Waals surface area contributed by atoms with E-state index in [1.165, 1.54) is 4.90 Å². The number of anilines is 1. The van der Waals surface area contributed by atoms with Gasteiger partial charge in [-0.15, -0.1) is 0 Å². The lowest BCUT2D eigenvalue weighted by Crippen LogP contribution is -2.31. The fourth-order valence-electron chi connectivity index (χ4n) is 5.45. The van der Waals surface area contributed by atoms with E-state index in [2.05, 4.69) is 0 Å². The van der Waals surface area contributed by atoms with Gasteiger partial charge < -0.3 is 0 Å². The molecule has 0 radical (unpaired) electrons. The normalized spacial score (nSPS) is 12.7. The van der Waals surface area contributed by atoms with Gasteiger partial charge in [0.1, 0.15) is 5.82 Å². The number of hydrogen-bond donors (Lipinski definition) is 0. The molecule has 5 aromatic rings. The Balaban J connectivity index is 1.71. The van der Waals surface area contributed by atoms with E-state index in [9.17, 15) is 9.59 Å². The second-order valence-electron chi connectivity index (χ2n) is 9.90. The Morgan fingerprint density at radius 1 is 0.513 bits per heavy atom. The van der Waals surface area contributed by atoms with Gasteiger partial charge in [0.05, 0.1) is 16.8 Å². The second kappa shape index (κ2) is 9.48. The molecule has 5 aromatic carbocycles. The molecule has 0 spiro atoms. The molecule has 0 aromatic heterocycles. The van der Waals surface area contributed by atoms with Gasteiger partial charge in [-0.1, -0.05) is 91.0 Å². The molecule has 0 saturated heterocycles. The SMILES string of the molecule is Cc1c(C)c(F)c2c(c1C)C(=O)N(c1c(-c3ccccc3)cc(-c3ccccc3)cc1-c1ccccc1)C2=O. The van der Waals surface area contributed by atoms with Crippen LogP contribution in [0.3, 0.4) is 0 Å². The van der Waals surface area contributed by atoms with Gasteiger partial charge >= 0.3 is 0 Å². The number of benzene rings is 5. The summed E-state index contributed by atoms with van der Waals surface area (Å²) in [7, 11) is 0. The number of hydrogen-bond acceptors (Lipinski definition) is 2. The van der Waals surface area contributed by atoms with E-state index < -0.39 is 17.6 Å². The fourth-order valence-corrected chi connectivity index (χ4v) is 5.45. The van der Waals surface area contributed by atoms with Crippen molar-refractivity contribution < 1.29 is 14.0 Å². The third-order valence-corrected chi connectivity index (χ3v) is 7.74. The van der Waals surface area contributed by atoms with E-state index in [0.29, 0.717) is 22.4 Å². The van der Waals surface area contributed by atoms with E-state index in [-0.39, 0.29) is 11.1 Å². The molecule has 0 atom stereocenters. The van der Waals surface area contributed by atoms with E-state index in [0.717, 1.165) is 33.4 Å². The van der Waals surface area contributed by atoms with Gasteiger partial charge in [-0.3, -0.25) is 9.59 Å². The van der Waals surface area contributed by atoms with Crippen molar-refractivity contribution in [1.82, 2.24) is 0 Å². The first-order valence-corrected chi connectivity index (χ1v) is 12.9. The van der Waals surface area contributed by atoms with Crippen LogP contribution in [0.1, 0.15) is 37.4 Å². The molecule has 1 heterocycles. The third kappa shape index (κ3) is 3.88. The molecule has 0 saturated carbocycles. The van der Waals surface area contributed by atoms with Crippen LogP contribution in [-0.4, -0.2) is 11.8 Å². The Hall–Kier alpha value is -4.83. The molecule has 3 nitrogen and oxygen atoms in total. The van der Waals surface area contributed by atoms with Gasteiger partial charge in [0.15, 0.2) is 0 Å². The summed E-state index contributed by atoms with van der Waals surface area (Å²) in [6.45, 7) is 5.22. The average molecular weight is 512 g/mol. The lowest BCUT2D eigenvalue weighted by atomic mass is 9.90. The van der Waals surface area contributed by atoms with Crippen LogP contribution in [-0.2, 0) is 0 Å². The summed E-state index contributed by atoms with van der Waals surface area (Å²) in [5.41, 5.74) is 7.25. The lowest BCUT2D eigenvalue weighted by molar-refractivity contribution is 0.0925. The predicted octanol–water partition coefficient (Wildman–Crippen LogP) is 8.55. The Kier molecular flexibility index (Phi) is 5.96. The highest BCUT2D eigenvalue weighted by atomic mass is 19.1. The van der Waals surface area contributed by atoms with E-state index >= 15 is 4.39 Å². The van der Waals surface area contributed by atoms with Crippen molar-refractivity contribution in [2.75, 3.05) is 4.90 Å². The lowest BCUT2D eigenvalue weighted by Gasteiger charge is -2.24. The fraction of sp³-hybridized carbons (Fsp3) is 0.0857. The summed E-state index contributed by atoms with van der Waals surface area (Å²) in [6.07, 6.45) is 0. The van der Waals surface area contributed by atoms with Crippen LogP contribution < -0.4 is 4.90 Å². The molecular formula is C35H26FNO2. The van der Waals surface area contributed by atoms with Crippen molar-refractivity contribution >= 4 is 17.5 Å². The van der Waals surface area contributed by atoms with Gasteiger partial charge in [0, 0.05) is 11.1 Å². The van der Waals surface area contributed by atoms with Gasteiger partial charge in [-0.2, -0.15) is 0 Å². The minimum Gasteiger partial charge on any atom is -0.268 e. The van der Waals surface area contributed by atoms with Gasteiger partial charge in [0.25, 0.3) is 11.8 Å². The smallest absolute Gasteiger partial charge is 0.268 e. The highest BCUT2D eigenvalue weighted by molar-refractivity contribution is 6.37. The number of rotatable bonds is 4. The molecule has 0 aliphatic carbocycles. The number of imide groups is 1. The largest absolute Gasteiger partial charge is 0.269 e. The second-order valence-corrected chi connectivity index (χ2v) is 9.90. The van der Waals surface area contributed by atoms with E-state index in [1.54, 1.807) is 20.8 Å². The van der Waals surface area contributed by atoms with Crippen LogP contribution in [0.25, 0.3) is 33.4 Å². The summed E-state index contributed by atoms with van der Waals surface area (Å²) in [5, 5.41) is 0. The molecule has 1 aliphatic heterocycles. The van der Waals surface area contributed by atoms with Gasteiger partial charge in [-0.25, -0.2) is 9.29 Å². The highest BCUT2D eigenvalue weighted by Gasteiger charge is 2.43. The maximum absolute atomic E-state index is 15.6. The van der Waals surface area contributed by atoms with E-state index in [4.69, 9.17) is 0 Å². The average Bonchev–Trinajstić information content (AvgIpc) is 3.25. The first-order chi connectivity index (χ1) is 18.9. The van der Waals surface area contributed by atoms with E-state index in [1.807, 2.05) is 103 Å². The monoisotopic (exact) mass is 511 g/mol. The molecule has 0 bridgehead atoms. The molecule has 0 unspecified atom stereocenters. The maximum atomic E-state index is 15.6. The van der Waals surface area contributed by atoms with Crippen molar-refractivity contribution in [3.63, 3.8) is 0 Å². The standard InChI is InChI=1S/C35H26FNO2/c1-21-22(2)30-31(32(36)23(21)3)35(39)37(34(30)38)33-28(25-15-9-5-10-16-25)19-27(24-13-7-4-8-14-24)20-29(33)26-17-11-6-12-18-26/h4-20H,1-3H3. The third-order valence-electron chi connectivity index (χ3n) is 7.74. The number of carbonyl (C=O) groups excluding carboxylic acids is 2. The first-order valence-electron chi connectivity index (χ1n) is 12.9. The first kappa shape index (κ1) is 24.5. The predicted molar refractivity (Wildman–Crippen MR) is 155 cm³/mol. The number of fused-ring (bicyclic) bond motifs is 1. The summed E-state index contributed by atoms with van der Waals surface area (Å²) >= 11 is 0. The van der Waals surface area contributed by atoms with Crippen molar-refractivity contribution in [2.45, 2.75) is 20.8 Å². The van der Waals surface area contributed by atoms with Crippen molar-refractivity contribution in [3.8, 4) is 33.4 Å². The molecule has 39 heavy (non-hydrogen) atoms. The van der Waals surface area contributed by atoms with Gasteiger partial charge in [0.2, 0.25) is 0 Å². The molecule has 190 valence electrons. The molecule has 4 heteroatoms. The van der Waals surface area contributed by atoms with Crippen LogP contribution in [0.5, 0.6) is 0 Å². The number of amides is 2. The Bertz CT molecular complexity index is 1650. The van der Waals surface area contributed by atoms with Crippen LogP contribution in [0.15, 0.2) is 103 Å². The van der Waals surface area contributed by atoms with Gasteiger partial charge in [-0.05, 0) is 71.8 Å². The van der Waals surface area contributed by atoms with Crippen LogP contribution >= 0.6 is 0 Å². The molecule has 2 amide bonds. The quantitative estimate of drug-likeness (QED) is 0.227. The molecular weight excluding hydrogens is 485 g/mol. The van der Waals surface area contributed by atoms with Crippen molar-refractivity contribution in [3.05, 3.63) is 137 Å². The van der Waals surface area contributed by atoms with Crippen LogP contribution in [0.4, 0.5) is 10.1 Å². The summed E-state index contributed by atoms with van der Waals surface area (Å²) in [4.78, 5) is 29.3. The Morgan fingerprint density at radius 3 is 1.44 bits per heavy atom.